The lowest BCUT2D eigenvalue weighted by Gasteiger charge is -2.34. The number of amides is 1. The normalized spacial score (nSPS) is 24.8. The molecule has 0 aliphatic heterocycles. The quantitative estimate of drug-likeness (QED) is 0.881. The third-order valence-electron chi connectivity index (χ3n) is 4.94. The van der Waals surface area contributed by atoms with Crippen LogP contribution < -0.4 is 5.32 Å². The molecule has 1 aliphatic rings. The van der Waals surface area contributed by atoms with Gasteiger partial charge in [0.05, 0.1) is 11.4 Å². The Hall–Kier alpha value is -1.47. The van der Waals surface area contributed by atoms with Gasteiger partial charge in [0.2, 0.25) is 15.9 Å². The first kappa shape index (κ1) is 18.9. The maximum absolute atomic E-state index is 12.9. The van der Waals surface area contributed by atoms with Crippen LogP contribution in [0.1, 0.15) is 33.1 Å². The highest BCUT2D eigenvalue weighted by Gasteiger charge is 2.29. The van der Waals surface area contributed by atoms with Gasteiger partial charge < -0.3 is 5.32 Å². The molecule has 1 fully saturated rings. The number of carbonyl (C=O) groups excluding carboxylic acids is 1. The molecule has 1 aromatic rings. The smallest absolute Gasteiger partial charge is 0.243 e. The highest BCUT2D eigenvalue weighted by Crippen LogP contribution is 2.29. The van der Waals surface area contributed by atoms with Crippen molar-refractivity contribution in [2.75, 3.05) is 13.6 Å². The second kappa shape index (κ2) is 7.61. The molecule has 3 atom stereocenters. The molecule has 5 nitrogen and oxygen atoms in total. The summed E-state index contributed by atoms with van der Waals surface area (Å²) in [6.07, 6.45) is 3.15. The van der Waals surface area contributed by atoms with Gasteiger partial charge in [-0.1, -0.05) is 26.7 Å². The third-order valence-corrected chi connectivity index (χ3v) is 6.76. The van der Waals surface area contributed by atoms with Crippen LogP contribution in [0.3, 0.4) is 0 Å². The van der Waals surface area contributed by atoms with Gasteiger partial charge >= 0.3 is 0 Å². The van der Waals surface area contributed by atoms with Crippen LogP contribution in [0, 0.1) is 17.7 Å². The average Bonchev–Trinajstić information content (AvgIpc) is 2.52. The Kier molecular flexibility index (Phi) is 5.98. The zero-order valence-corrected chi connectivity index (χ0v) is 15.1. The van der Waals surface area contributed by atoms with E-state index in [1.807, 2.05) is 0 Å². The fraction of sp³-hybridized carbons (Fsp3) is 0.588. The van der Waals surface area contributed by atoms with Gasteiger partial charge in [-0.15, -0.1) is 0 Å². The van der Waals surface area contributed by atoms with Crippen LogP contribution in [-0.4, -0.2) is 38.3 Å². The first-order chi connectivity index (χ1) is 11.2. The van der Waals surface area contributed by atoms with Crippen molar-refractivity contribution in [1.82, 2.24) is 9.62 Å². The first-order valence-electron chi connectivity index (χ1n) is 8.23. The van der Waals surface area contributed by atoms with E-state index >= 15 is 0 Å². The van der Waals surface area contributed by atoms with Gasteiger partial charge in [0.15, 0.2) is 0 Å². The Morgan fingerprint density at radius 2 is 1.88 bits per heavy atom. The summed E-state index contributed by atoms with van der Waals surface area (Å²) < 4.78 is 38.8. The second-order valence-electron chi connectivity index (χ2n) is 6.66. The summed E-state index contributed by atoms with van der Waals surface area (Å²) in [7, 11) is -2.46. The predicted octanol–water partition coefficient (Wildman–Crippen LogP) is 2.39. The van der Waals surface area contributed by atoms with Crippen molar-refractivity contribution in [2.24, 2.45) is 11.8 Å². The summed E-state index contributed by atoms with van der Waals surface area (Å²) in [6, 6.07) is 4.66. The SMILES string of the molecule is C[C@H]1[C@H](C)CCC[C@@H]1NC(=O)CN(C)S(=O)(=O)c1ccc(F)cc1. The minimum Gasteiger partial charge on any atom is -0.352 e. The lowest BCUT2D eigenvalue weighted by atomic mass is 9.78. The van der Waals surface area contributed by atoms with E-state index in [9.17, 15) is 17.6 Å². The van der Waals surface area contributed by atoms with Gasteiger partial charge in [-0.3, -0.25) is 4.79 Å². The number of carbonyl (C=O) groups is 1. The summed E-state index contributed by atoms with van der Waals surface area (Å²) in [4.78, 5) is 12.2. The number of hydrogen-bond donors (Lipinski definition) is 1. The molecule has 0 unspecified atom stereocenters. The Bertz CT molecular complexity index is 676. The van der Waals surface area contributed by atoms with E-state index in [0.717, 1.165) is 35.7 Å². The molecular weight excluding hydrogens is 331 g/mol. The molecule has 0 spiro atoms. The van der Waals surface area contributed by atoms with Gasteiger partial charge in [-0.2, -0.15) is 4.31 Å². The maximum Gasteiger partial charge on any atom is 0.243 e. The van der Waals surface area contributed by atoms with Crippen LogP contribution in [0.25, 0.3) is 0 Å². The monoisotopic (exact) mass is 356 g/mol. The van der Waals surface area contributed by atoms with Gasteiger partial charge in [0.25, 0.3) is 0 Å². The minimum atomic E-state index is -3.81. The van der Waals surface area contributed by atoms with Crippen molar-refractivity contribution in [2.45, 2.75) is 44.0 Å². The molecule has 0 heterocycles. The molecule has 0 radical (unpaired) electrons. The molecule has 7 heteroatoms. The first-order valence-corrected chi connectivity index (χ1v) is 9.67. The van der Waals surface area contributed by atoms with Gasteiger partial charge in [0.1, 0.15) is 5.82 Å². The van der Waals surface area contributed by atoms with E-state index in [1.54, 1.807) is 0 Å². The molecule has 1 amide bonds. The van der Waals surface area contributed by atoms with E-state index in [1.165, 1.54) is 19.2 Å². The summed E-state index contributed by atoms with van der Waals surface area (Å²) in [5.41, 5.74) is 0. The lowest BCUT2D eigenvalue weighted by Crippen LogP contribution is -2.47. The zero-order valence-electron chi connectivity index (χ0n) is 14.3. The molecule has 1 N–H and O–H groups in total. The Morgan fingerprint density at radius 1 is 1.25 bits per heavy atom. The molecule has 24 heavy (non-hydrogen) atoms. The largest absolute Gasteiger partial charge is 0.352 e. The van der Waals surface area contributed by atoms with Crippen LogP contribution in [0.4, 0.5) is 4.39 Å². The molecule has 1 aromatic carbocycles. The summed E-state index contributed by atoms with van der Waals surface area (Å²) >= 11 is 0. The summed E-state index contributed by atoms with van der Waals surface area (Å²) in [5.74, 6) is 0.107. The van der Waals surface area contributed by atoms with Crippen molar-refractivity contribution >= 4 is 15.9 Å². The molecule has 2 rings (SSSR count). The van der Waals surface area contributed by atoms with Crippen LogP contribution in [0.2, 0.25) is 0 Å². The number of likely N-dealkylation sites (N-methyl/N-ethyl adjacent to an activating group) is 1. The fourth-order valence-electron chi connectivity index (χ4n) is 3.11. The van der Waals surface area contributed by atoms with E-state index < -0.39 is 15.8 Å². The Labute approximate surface area is 143 Å². The molecule has 1 saturated carbocycles. The highest BCUT2D eigenvalue weighted by atomic mass is 32.2. The lowest BCUT2D eigenvalue weighted by molar-refractivity contribution is -0.122. The number of rotatable bonds is 5. The molecule has 134 valence electrons. The number of halogens is 1. The van der Waals surface area contributed by atoms with Crippen molar-refractivity contribution in [3.8, 4) is 0 Å². The van der Waals surface area contributed by atoms with E-state index in [4.69, 9.17) is 0 Å². The van der Waals surface area contributed by atoms with Gasteiger partial charge in [-0.25, -0.2) is 12.8 Å². The second-order valence-corrected chi connectivity index (χ2v) is 8.70. The number of sulfonamides is 1. The maximum atomic E-state index is 12.9. The third kappa shape index (κ3) is 4.33. The van der Waals surface area contributed by atoms with Crippen molar-refractivity contribution in [3.05, 3.63) is 30.1 Å². The van der Waals surface area contributed by atoms with Crippen LogP contribution in [0.15, 0.2) is 29.2 Å². The number of nitrogens with zero attached hydrogens (tertiary/aromatic N) is 1. The molecule has 1 aliphatic carbocycles. The van der Waals surface area contributed by atoms with Gasteiger partial charge in [0, 0.05) is 13.1 Å². The van der Waals surface area contributed by atoms with E-state index in [-0.39, 0.29) is 23.4 Å². The topological polar surface area (TPSA) is 66.5 Å². The molecule has 0 bridgehead atoms. The van der Waals surface area contributed by atoms with Crippen molar-refractivity contribution in [1.29, 1.82) is 0 Å². The molecule has 0 aromatic heterocycles. The van der Waals surface area contributed by atoms with Crippen molar-refractivity contribution in [3.63, 3.8) is 0 Å². The minimum absolute atomic E-state index is 0.0288. The highest BCUT2D eigenvalue weighted by molar-refractivity contribution is 7.89. The fourth-order valence-corrected chi connectivity index (χ4v) is 4.24. The number of nitrogens with one attached hydrogen (secondary N) is 1. The Balaban J connectivity index is 1.99. The van der Waals surface area contributed by atoms with E-state index in [0.29, 0.717) is 11.8 Å². The molecule has 0 saturated heterocycles. The number of benzene rings is 1. The number of hydrogen-bond acceptors (Lipinski definition) is 3. The predicted molar refractivity (Wildman–Crippen MR) is 90.3 cm³/mol. The Morgan fingerprint density at radius 3 is 2.50 bits per heavy atom. The van der Waals surface area contributed by atoms with Crippen LogP contribution in [-0.2, 0) is 14.8 Å². The summed E-state index contributed by atoms with van der Waals surface area (Å²) in [5, 5.41) is 2.96. The standard InChI is InChI=1S/C17H25FN2O3S/c1-12-5-4-6-16(13(12)2)19-17(21)11-20(3)24(22,23)15-9-7-14(18)8-10-15/h7-10,12-13,16H,4-6,11H2,1-3H3,(H,19,21)/t12-,13+,16+/m1/s1. The van der Waals surface area contributed by atoms with Crippen molar-refractivity contribution < 1.29 is 17.6 Å². The van der Waals surface area contributed by atoms with Crippen LogP contribution in [0.5, 0.6) is 0 Å². The van der Waals surface area contributed by atoms with Crippen LogP contribution >= 0.6 is 0 Å². The summed E-state index contributed by atoms with van der Waals surface area (Å²) in [6.45, 7) is 4.04. The zero-order chi connectivity index (χ0) is 17.9. The average molecular weight is 356 g/mol. The van der Waals surface area contributed by atoms with Gasteiger partial charge in [-0.05, 0) is 42.5 Å². The molecular formula is C17H25FN2O3S. The van der Waals surface area contributed by atoms with E-state index in [2.05, 4.69) is 19.2 Å².